The van der Waals surface area contributed by atoms with Crippen molar-refractivity contribution in [2.45, 2.75) is 0 Å². The maximum Gasteiger partial charge on any atom is 0.270 e. The number of fused-ring (bicyclic) bond motifs is 3. The summed E-state index contributed by atoms with van der Waals surface area (Å²) in [6.07, 6.45) is 1.48. The Morgan fingerprint density at radius 3 is 2.86 bits per heavy atom. The highest BCUT2D eigenvalue weighted by Gasteiger charge is 2.04. The Bertz CT molecular complexity index is 667. The molecule has 2 heterocycles. The van der Waals surface area contributed by atoms with E-state index in [4.69, 9.17) is 0 Å². The Morgan fingerprint density at radius 2 is 2.00 bits per heavy atom. The molecule has 0 bridgehead atoms. The number of aromatic amines is 1. The lowest BCUT2D eigenvalue weighted by atomic mass is 10.2. The van der Waals surface area contributed by atoms with Gasteiger partial charge in [0.05, 0.1) is 5.39 Å². The van der Waals surface area contributed by atoms with Crippen molar-refractivity contribution in [3.8, 4) is 0 Å². The summed E-state index contributed by atoms with van der Waals surface area (Å²) in [5.41, 5.74) is 0.535. The van der Waals surface area contributed by atoms with Gasteiger partial charge in [-0.2, -0.15) is 0 Å². The van der Waals surface area contributed by atoms with Crippen LogP contribution in [0.15, 0.2) is 35.4 Å². The minimum atomic E-state index is -0.132. The summed E-state index contributed by atoms with van der Waals surface area (Å²) < 4.78 is 1.52. The summed E-state index contributed by atoms with van der Waals surface area (Å²) in [6.45, 7) is 0. The summed E-state index contributed by atoms with van der Waals surface area (Å²) in [5, 5.41) is 11.8. The summed E-state index contributed by atoms with van der Waals surface area (Å²) >= 11 is 0. The highest BCUT2D eigenvalue weighted by atomic mass is 16.1. The van der Waals surface area contributed by atoms with E-state index in [1.165, 1.54) is 10.8 Å². The summed E-state index contributed by atoms with van der Waals surface area (Å²) in [4.78, 5) is 11.6. The lowest BCUT2D eigenvalue weighted by Crippen LogP contribution is -2.11. The van der Waals surface area contributed by atoms with Gasteiger partial charge in [0.1, 0.15) is 6.33 Å². The zero-order valence-corrected chi connectivity index (χ0v) is 7.14. The third-order valence-corrected chi connectivity index (χ3v) is 2.18. The molecule has 5 heteroatoms. The van der Waals surface area contributed by atoms with Crippen LogP contribution in [0.25, 0.3) is 16.4 Å². The smallest absolute Gasteiger partial charge is 0.267 e. The molecule has 0 atom stereocenters. The van der Waals surface area contributed by atoms with E-state index < -0.39 is 0 Å². The molecule has 14 heavy (non-hydrogen) atoms. The molecule has 0 unspecified atom stereocenters. The number of aromatic nitrogens is 4. The monoisotopic (exact) mass is 186 g/mol. The van der Waals surface area contributed by atoms with Gasteiger partial charge in [-0.25, -0.2) is 4.52 Å². The van der Waals surface area contributed by atoms with Crippen LogP contribution in [0, 0.1) is 0 Å². The number of benzene rings is 1. The van der Waals surface area contributed by atoms with Gasteiger partial charge in [-0.05, 0) is 6.07 Å². The second kappa shape index (κ2) is 2.41. The first-order valence-electron chi connectivity index (χ1n) is 4.17. The number of nitrogens with one attached hydrogen (secondary N) is 1. The Morgan fingerprint density at radius 1 is 1.21 bits per heavy atom. The van der Waals surface area contributed by atoms with Gasteiger partial charge in [0, 0.05) is 5.39 Å². The van der Waals surface area contributed by atoms with Gasteiger partial charge in [-0.15, -0.1) is 10.2 Å². The average molecular weight is 186 g/mol. The van der Waals surface area contributed by atoms with E-state index in [9.17, 15) is 4.79 Å². The second-order valence-corrected chi connectivity index (χ2v) is 3.01. The maximum absolute atomic E-state index is 11.6. The molecule has 68 valence electrons. The normalized spacial score (nSPS) is 11.1. The number of hydrogen-bond acceptors (Lipinski definition) is 3. The van der Waals surface area contributed by atoms with Crippen molar-refractivity contribution in [3.05, 3.63) is 40.9 Å². The largest absolute Gasteiger partial charge is 0.270 e. The Labute approximate surface area is 78.0 Å². The molecule has 0 aliphatic heterocycles. The maximum atomic E-state index is 11.6. The SMILES string of the molecule is O=c1[nH]n2cnnc2c2ccccc12. The molecule has 3 aromatic rings. The van der Waals surface area contributed by atoms with Crippen LogP contribution in [-0.2, 0) is 0 Å². The average Bonchev–Trinajstić information content (AvgIpc) is 2.66. The van der Waals surface area contributed by atoms with Crippen LogP contribution >= 0.6 is 0 Å². The van der Waals surface area contributed by atoms with Gasteiger partial charge in [-0.3, -0.25) is 9.89 Å². The van der Waals surface area contributed by atoms with Crippen LogP contribution in [0.3, 0.4) is 0 Å². The molecular formula is C9H6N4O. The van der Waals surface area contributed by atoms with E-state index in [0.29, 0.717) is 11.0 Å². The highest BCUT2D eigenvalue weighted by Crippen LogP contribution is 2.12. The van der Waals surface area contributed by atoms with E-state index in [1.807, 2.05) is 18.2 Å². The summed E-state index contributed by atoms with van der Waals surface area (Å²) in [5.74, 6) is 0. The fourth-order valence-corrected chi connectivity index (χ4v) is 1.55. The fourth-order valence-electron chi connectivity index (χ4n) is 1.55. The van der Waals surface area contributed by atoms with E-state index in [2.05, 4.69) is 15.3 Å². The third-order valence-electron chi connectivity index (χ3n) is 2.18. The molecule has 0 saturated heterocycles. The summed E-state index contributed by atoms with van der Waals surface area (Å²) in [6, 6.07) is 7.32. The van der Waals surface area contributed by atoms with Crippen LogP contribution < -0.4 is 5.56 Å². The van der Waals surface area contributed by atoms with Crippen molar-refractivity contribution in [1.82, 2.24) is 19.8 Å². The van der Waals surface area contributed by atoms with Gasteiger partial charge < -0.3 is 0 Å². The molecule has 1 aromatic carbocycles. The van der Waals surface area contributed by atoms with E-state index in [1.54, 1.807) is 6.07 Å². The van der Waals surface area contributed by atoms with Gasteiger partial charge >= 0.3 is 0 Å². The van der Waals surface area contributed by atoms with Crippen molar-refractivity contribution >= 4 is 16.4 Å². The van der Waals surface area contributed by atoms with Crippen molar-refractivity contribution < 1.29 is 0 Å². The molecule has 0 saturated carbocycles. The van der Waals surface area contributed by atoms with Crippen molar-refractivity contribution in [2.75, 3.05) is 0 Å². The third kappa shape index (κ3) is 0.806. The molecule has 3 rings (SSSR count). The van der Waals surface area contributed by atoms with E-state index in [0.717, 1.165) is 5.39 Å². The Balaban J connectivity index is 2.74. The van der Waals surface area contributed by atoms with Crippen molar-refractivity contribution in [1.29, 1.82) is 0 Å². The minimum absolute atomic E-state index is 0.132. The molecule has 0 aliphatic carbocycles. The predicted molar refractivity (Wildman–Crippen MR) is 51.1 cm³/mol. The second-order valence-electron chi connectivity index (χ2n) is 3.01. The first-order chi connectivity index (χ1) is 6.86. The fraction of sp³-hybridized carbons (Fsp3) is 0. The highest BCUT2D eigenvalue weighted by molar-refractivity contribution is 5.92. The molecule has 0 radical (unpaired) electrons. The number of H-pyrrole nitrogens is 1. The molecule has 0 amide bonds. The topological polar surface area (TPSA) is 63.0 Å². The number of nitrogens with zero attached hydrogens (tertiary/aromatic N) is 3. The van der Waals surface area contributed by atoms with E-state index in [-0.39, 0.29) is 5.56 Å². The Kier molecular flexibility index (Phi) is 1.25. The first kappa shape index (κ1) is 7.25. The van der Waals surface area contributed by atoms with Crippen LogP contribution in [-0.4, -0.2) is 19.8 Å². The molecular weight excluding hydrogens is 180 g/mol. The van der Waals surface area contributed by atoms with Gasteiger partial charge in [-0.1, -0.05) is 18.2 Å². The molecule has 0 fully saturated rings. The predicted octanol–water partition coefficient (Wildman–Crippen LogP) is 0.571. The molecule has 5 nitrogen and oxygen atoms in total. The zero-order valence-electron chi connectivity index (χ0n) is 7.14. The first-order valence-corrected chi connectivity index (χ1v) is 4.17. The molecule has 1 N–H and O–H groups in total. The van der Waals surface area contributed by atoms with E-state index >= 15 is 0 Å². The van der Waals surface area contributed by atoms with Crippen LogP contribution in [0.4, 0.5) is 0 Å². The number of hydrogen-bond donors (Lipinski definition) is 1. The van der Waals surface area contributed by atoms with Gasteiger partial charge in [0.2, 0.25) is 0 Å². The van der Waals surface area contributed by atoms with Crippen molar-refractivity contribution in [3.63, 3.8) is 0 Å². The quantitative estimate of drug-likeness (QED) is 0.558. The van der Waals surface area contributed by atoms with Crippen LogP contribution in [0.2, 0.25) is 0 Å². The standard InChI is InChI=1S/C9H6N4O/c14-9-7-4-2-1-3-6(7)8-11-10-5-13(8)12-9/h1-5H,(H,12,14). The Hall–Kier alpha value is -2.17. The lowest BCUT2D eigenvalue weighted by molar-refractivity contribution is 0.909. The van der Waals surface area contributed by atoms with Crippen LogP contribution in [0.5, 0.6) is 0 Å². The van der Waals surface area contributed by atoms with Crippen LogP contribution in [0.1, 0.15) is 0 Å². The number of rotatable bonds is 0. The van der Waals surface area contributed by atoms with Gasteiger partial charge in [0.25, 0.3) is 5.56 Å². The van der Waals surface area contributed by atoms with Gasteiger partial charge in [0.15, 0.2) is 5.65 Å². The lowest BCUT2D eigenvalue weighted by Gasteiger charge is -1.97. The van der Waals surface area contributed by atoms with Crippen molar-refractivity contribution in [2.24, 2.45) is 0 Å². The molecule has 0 aliphatic rings. The molecule has 2 aromatic heterocycles. The minimum Gasteiger partial charge on any atom is -0.267 e. The zero-order chi connectivity index (χ0) is 9.54. The summed E-state index contributed by atoms with van der Waals surface area (Å²) in [7, 11) is 0. The molecule has 0 spiro atoms.